The van der Waals surface area contributed by atoms with Gasteiger partial charge in [0, 0.05) is 5.75 Å². The summed E-state index contributed by atoms with van der Waals surface area (Å²) in [5.41, 5.74) is 5.49. The fraction of sp³-hybridized carbons (Fsp3) is 0.800. The molecule has 1 rings (SSSR count). The van der Waals surface area contributed by atoms with E-state index in [2.05, 4.69) is 0 Å². The molecule has 1 saturated heterocycles. The van der Waals surface area contributed by atoms with Crippen LogP contribution < -0.4 is 5.73 Å². The van der Waals surface area contributed by atoms with Crippen molar-refractivity contribution < 1.29 is 14.7 Å². The maximum atomic E-state index is 12.0. The Kier molecular flexibility index (Phi) is 3.85. The van der Waals surface area contributed by atoms with Gasteiger partial charge in [0.05, 0.1) is 11.9 Å². The number of aliphatic carboxylic acids is 1. The minimum Gasteiger partial charge on any atom is -0.480 e. The average molecular weight is 246 g/mol. The molecule has 0 spiro atoms. The lowest BCUT2D eigenvalue weighted by Gasteiger charge is -2.31. The molecule has 0 bridgehead atoms. The third kappa shape index (κ3) is 2.68. The fourth-order valence-corrected chi connectivity index (χ4v) is 2.57. The minimum atomic E-state index is -0.959. The van der Waals surface area contributed by atoms with Crippen LogP contribution in [-0.2, 0) is 9.59 Å². The molecular weight excluding hydrogens is 228 g/mol. The number of carbonyl (C=O) groups is 2. The summed E-state index contributed by atoms with van der Waals surface area (Å²) in [4.78, 5) is 24.3. The van der Waals surface area contributed by atoms with Gasteiger partial charge in [-0.2, -0.15) is 0 Å². The van der Waals surface area contributed by atoms with Crippen molar-refractivity contribution in [3.8, 4) is 0 Å². The first kappa shape index (κ1) is 13.3. The molecule has 92 valence electrons. The van der Waals surface area contributed by atoms with Crippen LogP contribution in [0.15, 0.2) is 0 Å². The van der Waals surface area contributed by atoms with Crippen LogP contribution >= 0.6 is 11.8 Å². The Balaban J connectivity index is 2.77. The number of rotatable bonds is 2. The third-order valence-electron chi connectivity index (χ3n) is 2.65. The molecule has 1 heterocycles. The number of amides is 1. The molecule has 3 N–H and O–H groups in total. The molecule has 2 unspecified atom stereocenters. The molecule has 1 aliphatic heterocycles. The maximum Gasteiger partial charge on any atom is 0.327 e. The van der Waals surface area contributed by atoms with Gasteiger partial charge in [-0.3, -0.25) is 4.79 Å². The van der Waals surface area contributed by atoms with Crippen LogP contribution in [-0.4, -0.2) is 45.6 Å². The van der Waals surface area contributed by atoms with Crippen LogP contribution in [0.1, 0.15) is 20.8 Å². The number of thioether (sulfide) groups is 1. The van der Waals surface area contributed by atoms with E-state index in [9.17, 15) is 9.59 Å². The van der Waals surface area contributed by atoms with Crippen LogP contribution in [0.5, 0.6) is 0 Å². The smallest absolute Gasteiger partial charge is 0.327 e. The number of hydrogen-bond acceptors (Lipinski definition) is 4. The summed E-state index contributed by atoms with van der Waals surface area (Å²) in [5, 5.41) is 8.97. The molecule has 1 amide bonds. The molecule has 1 fully saturated rings. The van der Waals surface area contributed by atoms with Crippen LogP contribution in [0.4, 0.5) is 0 Å². The van der Waals surface area contributed by atoms with E-state index in [0.717, 1.165) is 0 Å². The first-order chi connectivity index (χ1) is 7.25. The molecule has 16 heavy (non-hydrogen) atoms. The highest BCUT2D eigenvalue weighted by Gasteiger charge is 2.39. The summed E-state index contributed by atoms with van der Waals surface area (Å²) < 4.78 is 0. The van der Waals surface area contributed by atoms with Crippen molar-refractivity contribution in [1.29, 1.82) is 0 Å². The summed E-state index contributed by atoms with van der Waals surface area (Å²) in [6.45, 7) is 5.61. The molecule has 0 saturated carbocycles. The van der Waals surface area contributed by atoms with Crippen molar-refractivity contribution in [3.63, 3.8) is 0 Å². The molecule has 0 aromatic heterocycles. The number of nitrogens with two attached hydrogens (primary N) is 1. The first-order valence-corrected chi connectivity index (χ1v) is 6.27. The number of carbonyl (C=O) groups excluding carboxylic acids is 1. The van der Waals surface area contributed by atoms with E-state index in [1.165, 1.54) is 16.7 Å². The van der Waals surface area contributed by atoms with Crippen molar-refractivity contribution in [2.75, 3.05) is 11.6 Å². The van der Waals surface area contributed by atoms with E-state index in [0.29, 0.717) is 11.6 Å². The molecule has 5 nitrogen and oxygen atoms in total. The maximum absolute atomic E-state index is 12.0. The molecule has 0 aromatic rings. The predicted octanol–water partition coefficient (Wildman–Crippen LogP) is 0.346. The van der Waals surface area contributed by atoms with E-state index in [1.54, 1.807) is 0 Å². The van der Waals surface area contributed by atoms with Crippen LogP contribution in [0.3, 0.4) is 0 Å². The van der Waals surface area contributed by atoms with Crippen LogP contribution in [0.2, 0.25) is 0 Å². The van der Waals surface area contributed by atoms with Crippen molar-refractivity contribution in [1.82, 2.24) is 4.90 Å². The second-order valence-electron chi connectivity index (χ2n) is 5.01. The number of carboxylic acid groups (broad SMARTS) is 1. The van der Waals surface area contributed by atoms with Gasteiger partial charge in [0.25, 0.3) is 0 Å². The number of hydrogen-bond donors (Lipinski definition) is 2. The Morgan fingerprint density at radius 3 is 2.50 bits per heavy atom. The van der Waals surface area contributed by atoms with E-state index in [1.807, 2.05) is 20.8 Å². The van der Waals surface area contributed by atoms with Crippen LogP contribution in [0.25, 0.3) is 0 Å². The first-order valence-electron chi connectivity index (χ1n) is 5.11. The zero-order chi connectivity index (χ0) is 12.5. The average Bonchev–Trinajstić information content (AvgIpc) is 2.62. The molecule has 6 heteroatoms. The van der Waals surface area contributed by atoms with Crippen molar-refractivity contribution in [2.24, 2.45) is 11.1 Å². The Hall–Kier alpha value is -0.750. The monoisotopic (exact) mass is 246 g/mol. The predicted molar refractivity (Wildman–Crippen MR) is 63.0 cm³/mol. The lowest BCUT2D eigenvalue weighted by Crippen LogP contribution is -2.53. The van der Waals surface area contributed by atoms with E-state index in [4.69, 9.17) is 10.8 Å². The second-order valence-corrected chi connectivity index (χ2v) is 6.01. The SMILES string of the molecule is CC(C)(C)C(N)C(=O)N1CSCC1C(=O)O. The second kappa shape index (κ2) is 4.63. The summed E-state index contributed by atoms with van der Waals surface area (Å²) in [6, 6.07) is -1.39. The molecule has 2 atom stereocenters. The van der Waals surface area contributed by atoms with Gasteiger partial charge < -0.3 is 15.7 Å². The van der Waals surface area contributed by atoms with Gasteiger partial charge in [-0.25, -0.2) is 4.79 Å². The van der Waals surface area contributed by atoms with E-state index in [-0.39, 0.29) is 11.3 Å². The van der Waals surface area contributed by atoms with Gasteiger partial charge in [-0.05, 0) is 5.41 Å². The van der Waals surface area contributed by atoms with Gasteiger partial charge >= 0.3 is 5.97 Å². The third-order valence-corrected chi connectivity index (χ3v) is 3.66. The van der Waals surface area contributed by atoms with Gasteiger partial charge in [0.2, 0.25) is 5.91 Å². The Morgan fingerprint density at radius 2 is 2.06 bits per heavy atom. The van der Waals surface area contributed by atoms with Gasteiger partial charge in [0.1, 0.15) is 6.04 Å². The quantitative estimate of drug-likeness (QED) is 0.734. The highest BCUT2D eigenvalue weighted by atomic mass is 32.2. The van der Waals surface area contributed by atoms with E-state index >= 15 is 0 Å². The highest BCUT2D eigenvalue weighted by molar-refractivity contribution is 7.99. The standard InChI is InChI=1S/C10H18N2O3S/c1-10(2,3)7(11)8(13)12-5-16-4-6(12)9(14)15/h6-7H,4-5,11H2,1-3H3,(H,14,15). The summed E-state index contributed by atoms with van der Waals surface area (Å²) >= 11 is 1.44. The fourth-order valence-electron chi connectivity index (χ4n) is 1.41. The van der Waals surface area contributed by atoms with E-state index < -0.39 is 18.1 Å². The van der Waals surface area contributed by atoms with Gasteiger partial charge in [-0.1, -0.05) is 20.8 Å². The molecule has 0 aromatic carbocycles. The number of nitrogens with zero attached hydrogens (tertiary/aromatic N) is 1. The lowest BCUT2D eigenvalue weighted by atomic mass is 9.86. The highest BCUT2D eigenvalue weighted by Crippen LogP contribution is 2.25. The largest absolute Gasteiger partial charge is 0.480 e. The van der Waals surface area contributed by atoms with Gasteiger partial charge in [-0.15, -0.1) is 11.8 Å². The number of carboxylic acids is 1. The summed E-state index contributed by atoms with van der Waals surface area (Å²) in [7, 11) is 0. The van der Waals surface area contributed by atoms with Crippen molar-refractivity contribution in [3.05, 3.63) is 0 Å². The molecule has 1 aliphatic rings. The molecular formula is C10H18N2O3S. The Labute approximate surface area is 99.4 Å². The Bertz CT molecular complexity index is 301. The lowest BCUT2D eigenvalue weighted by molar-refractivity contribution is -0.149. The van der Waals surface area contributed by atoms with Crippen LogP contribution in [0, 0.1) is 5.41 Å². The zero-order valence-corrected chi connectivity index (χ0v) is 10.6. The van der Waals surface area contributed by atoms with Gasteiger partial charge in [0.15, 0.2) is 0 Å². The van der Waals surface area contributed by atoms with Crippen molar-refractivity contribution in [2.45, 2.75) is 32.9 Å². The summed E-state index contributed by atoms with van der Waals surface area (Å²) in [5.74, 6) is -0.373. The zero-order valence-electron chi connectivity index (χ0n) is 9.77. The minimum absolute atomic E-state index is 0.273. The normalized spacial score (nSPS) is 23.2. The molecule has 0 aliphatic carbocycles. The van der Waals surface area contributed by atoms with Crippen molar-refractivity contribution >= 4 is 23.6 Å². The topological polar surface area (TPSA) is 83.6 Å². The Morgan fingerprint density at radius 1 is 1.50 bits per heavy atom. The summed E-state index contributed by atoms with van der Waals surface area (Å²) in [6.07, 6.45) is 0. The molecule has 0 radical (unpaired) electrons.